The number of rotatable bonds is 10. The van der Waals surface area contributed by atoms with Gasteiger partial charge in [0, 0.05) is 12.6 Å². The van der Waals surface area contributed by atoms with Crippen LogP contribution in [-0.2, 0) is 0 Å². The second-order valence-corrected chi connectivity index (χ2v) is 5.81. The molecule has 1 heterocycles. The molecule has 0 amide bonds. The van der Waals surface area contributed by atoms with Crippen LogP contribution in [0.3, 0.4) is 0 Å². The summed E-state index contributed by atoms with van der Waals surface area (Å²) < 4.78 is 0. The molecule has 1 aliphatic heterocycles. The Morgan fingerprint density at radius 1 is 1.00 bits per heavy atom. The van der Waals surface area contributed by atoms with Crippen LogP contribution in [0.1, 0.15) is 71.6 Å². The summed E-state index contributed by atoms with van der Waals surface area (Å²) in [6.07, 6.45) is 12.6. The number of hydrogen-bond donors (Lipinski definition) is 1. The number of nitrogens with one attached hydrogen (secondary N) is 1. The van der Waals surface area contributed by atoms with E-state index in [1.54, 1.807) is 0 Å². The van der Waals surface area contributed by atoms with E-state index in [1.807, 2.05) is 0 Å². The highest BCUT2D eigenvalue weighted by Crippen LogP contribution is 2.10. The third-order valence-electron chi connectivity index (χ3n) is 4.17. The van der Waals surface area contributed by atoms with Crippen LogP contribution in [-0.4, -0.2) is 37.1 Å². The Labute approximate surface area is 115 Å². The first-order valence-electron chi connectivity index (χ1n) is 8.32. The quantitative estimate of drug-likeness (QED) is 0.596. The van der Waals surface area contributed by atoms with Gasteiger partial charge in [-0.3, -0.25) is 0 Å². The van der Waals surface area contributed by atoms with Gasteiger partial charge in [-0.15, -0.1) is 0 Å². The molecule has 0 spiro atoms. The highest BCUT2D eigenvalue weighted by molar-refractivity contribution is 4.75. The van der Waals surface area contributed by atoms with E-state index in [2.05, 4.69) is 24.1 Å². The Hall–Kier alpha value is -0.0800. The first-order chi connectivity index (χ1) is 8.86. The molecule has 1 fully saturated rings. The highest BCUT2D eigenvalue weighted by atomic mass is 15.1. The third-order valence-corrected chi connectivity index (χ3v) is 4.17. The Morgan fingerprint density at radius 2 is 1.78 bits per heavy atom. The maximum Gasteiger partial charge on any atom is 0.0195 e. The number of piperidine rings is 1. The van der Waals surface area contributed by atoms with Crippen LogP contribution in [0.15, 0.2) is 0 Å². The van der Waals surface area contributed by atoms with Crippen LogP contribution in [0, 0.1) is 0 Å². The molecule has 1 rings (SSSR count). The maximum atomic E-state index is 3.66. The molecule has 1 aliphatic rings. The van der Waals surface area contributed by atoms with Gasteiger partial charge in [0.05, 0.1) is 0 Å². The Morgan fingerprint density at radius 3 is 2.44 bits per heavy atom. The molecule has 2 nitrogen and oxygen atoms in total. The minimum atomic E-state index is 0.763. The van der Waals surface area contributed by atoms with Crippen molar-refractivity contribution < 1.29 is 0 Å². The monoisotopic (exact) mass is 254 g/mol. The zero-order valence-corrected chi connectivity index (χ0v) is 12.7. The SMILES string of the molecule is CCCCCCCCN(CC)CC1CCCCN1. The molecular formula is C16H34N2. The lowest BCUT2D eigenvalue weighted by molar-refractivity contribution is 0.229. The standard InChI is InChI=1S/C16H34N2/c1-3-5-6-7-8-11-14-18(4-2)15-16-12-9-10-13-17-16/h16-17H,3-15H2,1-2H3. The van der Waals surface area contributed by atoms with Crippen molar-refractivity contribution in [3.8, 4) is 0 Å². The van der Waals surface area contributed by atoms with Crippen molar-refractivity contribution in [2.75, 3.05) is 26.2 Å². The predicted molar refractivity (Wildman–Crippen MR) is 81.1 cm³/mol. The van der Waals surface area contributed by atoms with Crippen molar-refractivity contribution in [3.63, 3.8) is 0 Å². The van der Waals surface area contributed by atoms with Gasteiger partial charge in [-0.05, 0) is 38.9 Å². The summed E-state index contributed by atoms with van der Waals surface area (Å²) in [6.45, 7) is 9.62. The van der Waals surface area contributed by atoms with Gasteiger partial charge >= 0.3 is 0 Å². The zero-order valence-electron chi connectivity index (χ0n) is 12.7. The van der Waals surface area contributed by atoms with Gasteiger partial charge in [0.15, 0.2) is 0 Å². The van der Waals surface area contributed by atoms with E-state index < -0.39 is 0 Å². The van der Waals surface area contributed by atoms with E-state index in [1.165, 1.54) is 84.0 Å². The van der Waals surface area contributed by atoms with E-state index >= 15 is 0 Å². The molecule has 108 valence electrons. The van der Waals surface area contributed by atoms with Crippen LogP contribution in [0.25, 0.3) is 0 Å². The summed E-state index contributed by atoms with van der Waals surface area (Å²) in [5.74, 6) is 0. The molecule has 0 aromatic heterocycles. The summed E-state index contributed by atoms with van der Waals surface area (Å²) in [5.41, 5.74) is 0. The summed E-state index contributed by atoms with van der Waals surface area (Å²) >= 11 is 0. The first-order valence-corrected chi connectivity index (χ1v) is 8.32. The van der Waals surface area contributed by atoms with Gasteiger partial charge in [-0.1, -0.05) is 52.4 Å². The molecule has 1 N–H and O–H groups in total. The summed E-state index contributed by atoms with van der Waals surface area (Å²) in [6, 6.07) is 0.763. The largest absolute Gasteiger partial charge is 0.313 e. The van der Waals surface area contributed by atoms with Crippen molar-refractivity contribution in [3.05, 3.63) is 0 Å². The fraction of sp³-hybridized carbons (Fsp3) is 1.00. The van der Waals surface area contributed by atoms with E-state index in [9.17, 15) is 0 Å². The summed E-state index contributed by atoms with van der Waals surface area (Å²) in [4.78, 5) is 2.64. The maximum absolute atomic E-state index is 3.66. The first kappa shape index (κ1) is 16.0. The van der Waals surface area contributed by atoms with Gasteiger partial charge in [0.2, 0.25) is 0 Å². The minimum absolute atomic E-state index is 0.763. The zero-order chi connectivity index (χ0) is 13.1. The van der Waals surface area contributed by atoms with E-state index in [0.29, 0.717) is 0 Å². The molecule has 1 saturated heterocycles. The minimum Gasteiger partial charge on any atom is -0.313 e. The van der Waals surface area contributed by atoms with Crippen molar-refractivity contribution in [2.24, 2.45) is 0 Å². The van der Waals surface area contributed by atoms with Crippen LogP contribution < -0.4 is 5.32 Å². The normalized spacial score (nSPS) is 20.5. The Kier molecular flexibility index (Phi) is 9.59. The Bertz CT molecular complexity index is 176. The van der Waals surface area contributed by atoms with Crippen molar-refractivity contribution in [2.45, 2.75) is 77.7 Å². The van der Waals surface area contributed by atoms with Crippen molar-refractivity contribution in [1.29, 1.82) is 0 Å². The van der Waals surface area contributed by atoms with Gasteiger partial charge in [0.25, 0.3) is 0 Å². The van der Waals surface area contributed by atoms with Gasteiger partial charge in [-0.25, -0.2) is 0 Å². The van der Waals surface area contributed by atoms with E-state index in [-0.39, 0.29) is 0 Å². The summed E-state index contributed by atoms with van der Waals surface area (Å²) in [5, 5.41) is 3.66. The topological polar surface area (TPSA) is 15.3 Å². The summed E-state index contributed by atoms with van der Waals surface area (Å²) in [7, 11) is 0. The molecule has 1 unspecified atom stereocenters. The van der Waals surface area contributed by atoms with Crippen molar-refractivity contribution in [1.82, 2.24) is 10.2 Å². The smallest absolute Gasteiger partial charge is 0.0195 e. The van der Waals surface area contributed by atoms with Crippen LogP contribution in [0.2, 0.25) is 0 Å². The van der Waals surface area contributed by atoms with E-state index in [0.717, 1.165) is 6.04 Å². The number of likely N-dealkylation sites (N-methyl/N-ethyl adjacent to an activating group) is 1. The predicted octanol–water partition coefficient (Wildman–Crippen LogP) is 3.81. The molecule has 0 radical (unpaired) electrons. The lowest BCUT2D eigenvalue weighted by Gasteiger charge is -2.29. The third kappa shape index (κ3) is 7.38. The van der Waals surface area contributed by atoms with Crippen LogP contribution in [0.5, 0.6) is 0 Å². The highest BCUT2D eigenvalue weighted by Gasteiger charge is 2.15. The van der Waals surface area contributed by atoms with Gasteiger partial charge in [0.1, 0.15) is 0 Å². The number of hydrogen-bond acceptors (Lipinski definition) is 2. The average Bonchev–Trinajstić information content (AvgIpc) is 2.42. The number of nitrogens with zero attached hydrogens (tertiary/aromatic N) is 1. The van der Waals surface area contributed by atoms with Gasteiger partial charge < -0.3 is 10.2 Å². The number of unbranched alkanes of at least 4 members (excludes halogenated alkanes) is 5. The van der Waals surface area contributed by atoms with E-state index in [4.69, 9.17) is 0 Å². The molecule has 0 saturated carbocycles. The Balaban J connectivity index is 2.01. The van der Waals surface area contributed by atoms with Crippen molar-refractivity contribution >= 4 is 0 Å². The second kappa shape index (κ2) is 10.8. The van der Waals surface area contributed by atoms with Gasteiger partial charge in [-0.2, -0.15) is 0 Å². The fourth-order valence-electron chi connectivity index (χ4n) is 2.89. The van der Waals surface area contributed by atoms with Crippen LogP contribution in [0.4, 0.5) is 0 Å². The van der Waals surface area contributed by atoms with Crippen LogP contribution >= 0.6 is 0 Å². The molecular weight excluding hydrogens is 220 g/mol. The fourth-order valence-corrected chi connectivity index (χ4v) is 2.89. The molecule has 0 bridgehead atoms. The lowest BCUT2D eigenvalue weighted by Crippen LogP contribution is -2.43. The molecule has 0 aliphatic carbocycles. The lowest BCUT2D eigenvalue weighted by atomic mass is 10.0. The second-order valence-electron chi connectivity index (χ2n) is 5.81. The molecule has 2 heteroatoms. The molecule has 0 aromatic carbocycles. The molecule has 1 atom stereocenters. The average molecular weight is 254 g/mol. The molecule has 18 heavy (non-hydrogen) atoms. The molecule has 0 aromatic rings.